The van der Waals surface area contributed by atoms with Crippen molar-refractivity contribution in [3.05, 3.63) is 17.2 Å². The molecule has 0 radical (unpaired) electrons. The quantitative estimate of drug-likeness (QED) is 0.375. The first-order valence-electron chi connectivity index (χ1n) is 3.59. The molecule has 1 aliphatic rings. The molecule has 3 heteroatoms. The molecule has 1 aromatic rings. The van der Waals surface area contributed by atoms with E-state index in [1.54, 1.807) is 6.07 Å². The molecule has 0 aliphatic heterocycles. The molecule has 1 aliphatic carbocycles. The van der Waals surface area contributed by atoms with Gasteiger partial charge in [0.05, 0.1) is 11.4 Å². The molecule has 0 bridgehead atoms. The van der Waals surface area contributed by atoms with E-state index in [1.165, 1.54) is 0 Å². The summed E-state index contributed by atoms with van der Waals surface area (Å²) < 4.78 is 0. The second kappa shape index (κ2) is 1.81. The van der Waals surface area contributed by atoms with E-state index in [4.69, 9.17) is 11.5 Å². The van der Waals surface area contributed by atoms with Crippen LogP contribution < -0.4 is 11.5 Å². The average molecular weight is 150 g/mol. The molecular weight excluding hydrogens is 140 g/mol. The lowest BCUT2D eigenvalue weighted by Gasteiger charge is -2.22. The van der Waals surface area contributed by atoms with Crippen LogP contribution in [0.2, 0.25) is 0 Å². The smallest absolute Gasteiger partial charge is 0.140 e. The number of hydrogen-bond acceptors (Lipinski definition) is 3. The molecule has 0 spiro atoms. The molecule has 0 saturated heterocycles. The lowest BCUT2D eigenvalue weighted by molar-refractivity contribution is 0.476. The van der Waals surface area contributed by atoms with Crippen molar-refractivity contribution in [3.63, 3.8) is 0 Å². The Labute approximate surface area is 64.6 Å². The highest BCUT2D eigenvalue weighted by Gasteiger charge is 2.19. The maximum Gasteiger partial charge on any atom is 0.140 e. The van der Waals surface area contributed by atoms with Gasteiger partial charge in [-0.2, -0.15) is 0 Å². The van der Waals surface area contributed by atoms with Gasteiger partial charge in [-0.25, -0.2) is 0 Å². The number of benzene rings is 1. The van der Waals surface area contributed by atoms with E-state index in [1.807, 2.05) is 0 Å². The van der Waals surface area contributed by atoms with Gasteiger partial charge in [0.15, 0.2) is 0 Å². The molecule has 0 unspecified atom stereocenters. The third-order valence-electron chi connectivity index (χ3n) is 2.23. The number of phenols is 1. The van der Waals surface area contributed by atoms with Crippen molar-refractivity contribution in [2.45, 2.75) is 12.8 Å². The van der Waals surface area contributed by atoms with E-state index in [0.29, 0.717) is 11.4 Å². The van der Waals surface area contributed by atoms with Gasteiger partial charge in [0.25, 0.3) is 0 Å². The normalized spacial score (nSPS) is 13.8. The number of nitrogen functional groups attached to an aromatic ring is 2. The van der Waals surface area contributed by atoms with E-state index in [-0.39, 0.29) is 5.75 Å². The van der Waals surface area contributed by atoms with E-state index in [2.05, 4.69) is 0 Å². The first-order valence-corrected chi connectivity index (χ1v) is 3.59. The van der Waals surface area contributed by atoms with Crippen LogP contribution in [0.1, 0.15) is 11.1 Å². The van der Waals surface area contributed by atoms with Crippen molar-refractivity contribution >= 4 is 11.4 Å². The van der Waals surface area contributed by atoms with E-state index >= 15 is 0 Å². The van der Waals surface area contributed by atoms with Crippen molar-refractivity contribution in [1.82, 2.24) is 0 Å². The van der Waals surface area contributed by atoms with Gasteiger partial charge in [0, 0.05) is 0 Å². The number of fused-ring (bicyclic) bond motifs is 1. The predicted octanol–water partition coefficient (Wildman–Crippen LogP) is 0.655. The standard InChI is InChI=1S/C8H10N2O/c9-7-5-2-1-4(5)3-6(11)8(7)10/h3,11H,1-2,9-10H2. The van der Waals surface area contributed by atoms with Crippen LogP contribution in [0.5, 0.6) is 5.75 Å². The second-order valence-corrected chi connectivity index (χ2v) is 2.86. The Morgan fingerprint density at radius 1 is 1.18 bits per heavy atom. The summed E-state index contributed by atoms with van der Waals surface area (Å²) in [5, 5.41) is 9.23. The largest absolute Gasteiger partial charge is 0.506 e. The lowest BCUT2D eigenvalue weighted by atomic mass is 9.86. The van der Waals surface area contributed by atoms with Gasteiger partial charge in [-0.15, -0.1) is 0 Å². The topological polar surface area (TPSA) is 72.3 Å². The molecule has 0 saturated carbocycles. The minimum atomic E-state index is 0.112. The summed E-state index contributed by atoms with van der Waals surface area (Å²) in [4.78, 5) is 0. The van der Waals surface area contributed by atoms with E-state index in [9.17, 15) is 5.11 Å². The van der Waals surface area contributed by atoms with Crippen LogP contribution in [-0.4, -0.2) is 5.11 Å². The summed E-state index contributed by atoms with van der Waals surface area (Å²) in [6.07, 6.45) is 2.00. The molecule has 1 aromatic carbocycles. The van der Waals surface area contributed by atoms with Gasteiger partial charge >= 0.3 is 0 Å². The summed E-state index contributed by atoms with van der Waals surface area (Å²) in [7, 11) is 0. The fourth-order valence-electron chi connectivity index (χ4n) is 1.40. The molecular formula is C8H10N2O. The SMILES string of the molecule is Nc1c(O)cc2c(c1N)CC2. The van der Waals surface area contributed by atoms with Crippen LogP contribution in [-0.2, 0) is 12.8 Å². The molecule has 0 amide bonds. The second-order valence-electron chi connectivity index (χ2n) is 2.86. The average Bonchev–Trinajstić information content (AvgIpc) is 1.93. The number of rotatable bonds is 0. The number of anilines is 2. The maximum absolute atomic E-state index is 9.23. The van der Waals surface area contributed by atoms with Crippen LogP contribution in [0.25, 0.3) is 0 Å². The monoisotopic (exact) mass is 150 g/mol. The third kappa shape index (κ3) is 0.677. The van der Waals surface area contributed by atoms with Crippen molar-refractivity contribution < 1.29 is 5.11 Å². The summed E-state index contributed by atoms with van der Waals surface area (Å²) in [5.41, 5.74) is 14.3. The maximum atomic E-state index is 9.23. The molecule has 0 aromatic heterocycles. The Kier molecular flexibility index (Phi) is 1.04. The van der Waals surface area contributed by atoms with E-state index < -0.39 is 0 Å². The van der Waals surface area contributed by atoms with Gasteiger partial charge < -0.3 is 16.6 Å². The highest BCUT2D eigenvalue weighted by Crippen LogP contribution is 2.38. The Morgan fingerprint density at radius 2 is 1.91 bits per heavy atom. The minimum Gasteiger partial charge on any atom is -0.506 e. The van der Waals surface area contributed by atoms with Gasteiger partial charge in [-0.05, 0) is 30.0 Å². The first kappa shape index (κ1) is 6.34. The molecule has 0 heterocycles. The van der Waals surface area contributed by atoms with Crippen molar-refractivity contribution in [2.24, 2.45) is 0 Å². The Morgan fingerprint density at radius 3 is 2.45 bits per heavy atom. The molecule has 11 heavy (non-hydrogen) atoms. The van der Waals surface area contributed by atoms with Crippen LogP contribution in [0, 0.1) is 0 Å². The fraction of sp³-hybridized carbons (Fsp3) is 0.250. The summed E-state index contributed by atoms with van der Waals surface area (Å²) in [5.74, 6) is 0.112. The number of hydrogen-bond donors (Lipinski definition) is 3. The fourth-order valence-corrected chi connectivity index (χ4v) is 1.40. The van der Waals surface area contributed by atoms with Crippen LogP contribution in [0.4, 0.5) is 11.4 Å². The highest BCUT2D eigenvalue weighted by atomic mass is 16.3. The van der Waals surface area contributed by atoms with Gasteiger partial charge in [-0.3, -0.25) is 0 Å². The van der Waals surface area contributed by atoms with Crippen molar-refractivity contribution in [1.29, 1.82) is 0 Å². The zero-order valence-corrected chi connectivity index (χ0v) is 6.09. The van der Waals surface area contributed by atoms with Crippen LogP contribution in [0.15, 0.2) is 6.07 Å². The molecule has 2 rings (SSSR count). The summed E-state index contributed by atoms with van der Waals surface area (Å²) in [6.45, 7) is 0. The van der Waals surface area contributed by atoms with E-state index in [0.717, 1.165) is 24.0 Å². The summed E-state index contributed by atoms with van der Waals surface area (Å²) >= 11 is 0. The minimum absolute atomic E-state index is 0.112. The molecule has 0 fully saturated rings. The first-order chi connectivity index (χ1) is 5.20. The predicted molar refractivity (Wildman–Crippen MR) is 44.3 cm³/mol. The lowest BCUT2D eigenvalue weighted by Crippen LogP contribution is -2.13. The Bertz CT molecular complexity index is 306. The zero-order chi connectivity index (χ0) is 8.01. The molecule has 58 valence electrons. The highest BCUT2D eigenvalue weighted by molar-refractivity contribution is 5.77. The molecule has 5 N–H and O–H groups in total. The molecule has 3 nitrogen and oxygen atoms in total. The number of phenolic OH excluding ortho intramolecular Hbond substituents is 1. The number of nitrogens with two attached hydrogens (primary N) is 2. The Balaban J connectivity index is 2.70. The van der Waals surface area contributed by atoms with Crippen molar-refractivity contribution in [2.75, 3.05) is 11.5 Å². The third-order valence-corrected chi connectivity index (χ3v) is 2.23. The van der Waals surface area contributed by atoms with Crippen molar-refractivity contribution in [3.8, 4) is 5.75 Å². The Hall–Kier alpha value is -1.38. The van der Waals surface area contributed by atoms with Crippen LogP contribution in [0.3, 0.4) is 0 Å². The zero-order valence-electron chi connectivity index (χ0n) is 6.09. The summed E-state index contributed by atoms with van der Waals surface area (Å²) in [6, 6.07) is 1.70. The van der Waals surface area contributed by atoms with Gasteiger partial charge in [0.2, 0.25) is 0 Å². The molecule has 0 atom stereocenters. The van der Waals surface area contributed by atoms with Crippen LogP contribution >= 0.6 is 0 Å². The number of aryl methyl sites for hydroxylation is 1. The number of aromatic hydroxyl groups is 1. The van der Waals surface area contributed by atoms with Gasteiger partial charge in [-0.1, -0.05) is 0 Å². The van der Waals surface area contributed by atoms with Gasteiger partial charge in [0.1, 0.15) is 5.75 Å².